The molecule has 3 rings (SSSR count). The van der Waals surface area contributed by atoms with E-state index in [0.29, 0.717) is 24.7 Å². The number of piperazine rings is 1. The van der Waals surface area contributed by atoms with Gasteiger partial charge in [0.2, 0.25) is 5.91 Å². The van der Waals surface area contributed by atoms with Crippen LogP contribution in [0.15, 0.2) is 12.1 Å². The first kappa shape index (κ1) is 14.2. The van der Waals surface area contributed by atoms with Crippen molar-refractivity contribution in [1.29, 1.82) is 0 Å². The lowest BCUT2D eigenvalue weighted by Crippen LogP contribution is -2.50. The monoisotopic (exact) mass is 289 g/mol. The van der Waals surface area contributed by atoms with Crippen LogP contribution in [0.5, 0.6) is 0 Å². The van der Waals surface area contributed by atoms with E-state index in [0.717, 1.165) is 0 Å². The van der Waals surface area contributed by atoms with E-state index in [-0.39, 0.29) is 18.4 Å². The van der Waals surface area contributed by atoms with E-state index >= 15 is 0 Å². The lowest BCUT2D eigenvalue weighted by atomic mass is 9.87. The average molecular weight is 289 g/mol. The number of hydrogen-bond acceptors (Lipinski definition) is 2. The molecule has 0 radical (unpaired) electrons. The lowest BCUT2D eigenvalue weighted by molar-refractivity contribution is -0.133. The van der Waals surface area contributed by atoms with Gasteiger partial charge in [0.15, 0.2) is 0 Å². The molecule has 0 spiro atoms. The molecule has 1 aliphatic heterocycles. The number of carbonyl (C=O) groups is 2. The van der Waals surface area contributed by atoms with Crippen LogP contribution in [-0.2, 0) is 4.79 Å². The summed E-state index contributed by atoms with van der Waals surface area (Å²) < 4.78 is 0. The standard InChI is InChI=1S/C16H23N3O2/c1-18-9-10-19(11-15(18)20)16(21)14-8-7-13(17-14)12-5-3-2-4-6-12/h7-8,12,17H,2-6,9-11H2,1H3. The van der Waals surface area contributed by atoms with Crippen LogP contribution in [0.4, 0.5) is 0 Å². The molecule has 1 aromatic heterocycles. The van der Waals surface area contributed by atoms with Gasteiger partial charge in [-0.3, -0.25) is 9.59 Å². The van der Waals surface area contributed by atoms with E-state index in [1.54, 1.807) is 16.8 Å². The molecule has 5 heteroatoms. The number of rotatable bonds is 2. The van der Waals surface area contributed by atoms with E-state index < -0.39 is 0 Å². The number of H-pyrrole nitrogens is 1. The maximum absolute atomic E-state index is 12.5. The van der Waals surface area contributed by atoms with Gasteiger partial charge >= 0.3 is 0 Å². The summed E-state index contributed by atoms with van der Waals surface area (Å²) >= 11 is 0. The Morgan fingerprint density at radius 3 is 2.67 bits per heavy atom. The van der Waals surface area contributed by atoms with Crippen LogP contribution in [0.2, 0.25) is 0 Å². The Hall–Kier alpha value is -1.78. The molecule has 0 bridgehead atoms. The van der Waals surface area contributed by atoms with Crippen molar-refractivity contribution in [2.45, 2.75) is 38.0 Å². The van der Waals surface area contributed by atoms with Crippen LogP contribution in [0.1, 0.15) is 54.2 Å². The summed E-state index contributed by atoms with van der Waals surface area (Å²) in [6.45, 7) is 1.41. The van der Waals surface area contributed by atoms with Crippen LogP contribution in [0, 0.1) is 0 Å². The van der Waals surface area contributed by atoms with Crippen molar-refractivity contribution in [3.05, 3.63) is 23.5 Å². The Morgan fingerprint density at radius 1 is 1.19 bits per heavy atom. The summed E-state index contributed by atoms with van der Waals surface area (Å²) in [5, 5.41) is 0. The van der Waals surface area contributed by atoms with E-state index in [2.05, 4.69) is 4.98 Å². The third-order valence-electron chi connectivity index (χ3n) is 4.73. The number of aromatic amines is 1. The number of carbonyl (C=O) groups excluding carboxylic acids is 2. The molecule has 2 fully saturated rings. The second kappa shape index (κ2) is 5.92. The number of hydrogen-bond donors (Lipinski definition) is 1. The smallest absolute Gasteiger partial charge is 0.270 e. The minimum absolute atomic E-state index is 0.00802. The quantitative estimate of drug-likeness (QED) is 0.905. The van der Waals surface area contributed by atoms with Gasteiger partial charge < -0.3 is 14.8 Å². The van der Waals surface area contributed by atoms with Gasteiger partial charge in [-0.15, -0.1) is 0 Å². The molecular weight excluding hydrogens is 266 g/mol. The predicted molar refractivity (Wildman–Crippen MR) is 80.2 cm³/mol. The molecular formula is C16H23N3O2. The van der Waals surface area contributed by atoms with E-state index in [1.807, 2.05) is 12.1 Å². The van der Waals surface area contributed by atoms with Gasteiger partial charge in [0.1, 0.15) is 12.2 Å². The van der Waals surface area contributed by atoms with Gasteiger partial charge in [-0.2, -0.15) is 0 Å². The van der Waals surface area contributed by atoms with Crippen molar-refractivity contribution in [2.75, 3.05) is 26.7 Å². The maximum Gasteiger partial charge on any atom is 0.270 e. The fourth-order valence-electron chi connectivity index (χ4n) is 3.29. The van der Waals surface area contributed by atoms with Gasteiger partial charge in [-0.05, 0) is 30.9 Å². The summed E-state index contributed by atoms with van der Waals surface area (Å²) in [7, 11) is 1.78. The van der Waals surface area contributed by atoms with Gasteiger partial charge in [-0.1, -0.05) is 19.3 Å². The van der Waals surface area contributed by atoms with Crippen molar-refractivity contribution in [3.8, 4) is 0 Å². The minimum atomic E-state index is -0.0569. The Balaban J connectivity index is 1.68. The zero-order chi connectivity index (χ0) is 14.8. The summed E-state index contributed by atoms with van der Waals surface area (Å²) in [6.07, 6.45) is 6.30. The zero-order valence-corrected chi connectivity index (χ0v) is 12.6. The molecule has 2 amide bonds. The van der Waals surface area contributed by atoms with E-state index in [4.69, 9.17) is 0 Å². The van der Waals surface area contributed by atoms with Crippen LogP contribution in [0.25, 0.3) is 0 Å². The SMILES string of the molecule is CN1CCN(C(=O)c2ccc(C3CCCCC3)[nH]2)CC1=O. The van der Waals surface area contributed by atoms with Crippen LogP contribution < -0.4 is 0 Å². The number of amides is 2. The topological polar surface area (TPSA) is 56.4 Å². The highest BCUT2D eigenvalue weighted by atomic mass is 16.2. The Kier molecular flexibility index (Phi) is 3.99. The normalized spacial score (nSPS) is 20.9. The molecule has 21 heavy (non-hydrogen) atoms. The molecule has 114 valence electrons. The maximum atomic E-state index is 12.5. The highest BCUT2D eigenvalue weighted by Crippen LogP contribution is 2.32. The van der Waals surface area contributed by atoms with Crippen LogP contribution in [-0.4, -0.2) is 53.3 Å². The first-order valence-electron chi connectivity index (χ1n) is 7.87. The Labute approximate surface area is 125 Å². The number of likely N-dealkylation sites (N-methyl/N-ethyl adjacent to an activating group) is 1. The van der Waals surface area contributed by atoms with Crippen molar-refractivity contribution < 1.29 is 9.59 Å². The molecule has 0 atom stereocenters. The summed E-state index contributed by atoms with van der Waals surface area (Å²) in [6, 6.07) is 3.91. The van der Waals surface area contributed by atoms with E-state index in [1.165, 1.54) is 37.8 Å². The molecule has 0 unspecified atom stereocenters. The fourth-order valence-corrected chi connectivity index (χ4v) is 3.29. The third-order valence-corrected chi connectivity index (χ3v) is 4.73. The minimum Gasteiger partial charge on any atom is -0.354 e. The Morgan fingerprint density at radius 2 is 1.95 bits per heavy atom. The van der Waals surface area contributed by atoms with Gasteiger partial charge in [0.05, 0.1) is 0 Å². The number of nitrogens with one attached hydrogen (secondary N) is 1. The second-order valence-corrected chi connectivity index (χ2v) is 6.20. The first-order chi connectivity index (χ1) is 10.1. The van der Waals surface area contributed by atoms with E-state index in [9.17, 15) is 9.59 Å². The number of nitrogens with zero attached hydrogens (tertiary/aromatic N) is 2. The van der Waals surface area contributed by atoms with Crippen molar-refractivity contribution >= 4 is 11.8 Å². The number of aromatic nitrogens is 1. The molecule has 1 N–H and O–H groups in total. The highest BCUT2D eigenvalue weighted by molar-refractivity contribution is 5.95. The molecule has 5 nitrogen and oxygen atoms in total. The fraction of sp³-hybridized carbons (Fsp3) is 0.625. The van der Waals surface area contributed by atoms with Crippen molar-refractivity contribution in [2.24, 2.45) is 0 Å². The molecule has 1 aromatic rings. The van der Waals surface area contributed by atoms with Crippen LogP contribution >= 0.6 is 0 Å². The molecule has 2 heterocycles. The largest absolute Gasteiger partial charge is 0.354 e. The molecule has 1 saturated carbocycles. The Bertz CT molecular complexity index is 531. The summed E-state index contributed by atoms with van der Waals surface area (Å²) in [4.78, 5) is 30.8. The van der Waals surface area contributed by atoms with Gasteiger partial charge in [0.25, 0.3) is 5.91 Å². The molecule has 1 aliphatic carbocycles. The molecule has 2 aliphatic rings. The summed E-state index contributed by atoms with van der Waals surface area (Å²) in [5.41, 5.74) is 1.80. The van der Waals surface area contributed by atoms with Crippen LogP contribution in [0.3, 0.4) is 0 Å². The van der Waals surface area contributed by atoms with Gasteiger partial charge in [0, 0.05) is 25.8 Å². The first-order valence-corrected chi connectivity index (χ1v) is 7.87. The highest BCUT2D eigenvalue weighted by Gasteiger charge is 2.27. The zero-order valence-electron chi connectivity index (χ0n) is 12.6. The molecule has 1 saturated heterocycles. The summed E-state index contributed by atoms with van der Waals surface area (Å²) in [5.74, 6) is 0.515. The second-order valence-electron chi connectivity index (χ2n) is 6.20. The predicted octanol–water partition coefficient (Wildman–Crippen LogP) is 1.98. The van der Waals surface area contributed by atoms with Crippen molar-refractivity contribution in [1.82, 2.24) is 14.8 Å². The van der Waals surface area contributed by atoms with Crippen molar-refractivity contribution in [3.63, 3.8) is 0 Å². The average Bonchev–Trinajstić information content (AvgIpc) is 3.00. The van der Waals surface area contributed by atoms with Gasteiger partial charge in [-0.25, -0.2) is 0 Å². The third kappa shape index (κ3) is 2.96. The molecule has 0 aromatic carbocycles. The lowest BCUT2D eigenvalue weighted by Gasteiger charge is -2.31.